The van der Waals surface area contributed by atoms with Crippen LogP contribution >= 0.6 is 0 Å². The Kier molecular flexibility index (Phi) is 6.48. The summed E-state index contributed by atoms with van der Waals surface area (Å²) in [5, 5.41) is 3.78. The Bertz CT molecular complexity index is 524. The Morgan fingerprint density at radius 2 is 1.04 bits per heavy atom. The van der Waals surface area contributed by atoms with Crippen molar-refractivity contribution in [3.8, 4) is 11.5 Å². The Hall–Kier alpha value is -2.00. The van der Waals surface area contributed by atoms with Gasteiger partial charge in [-0.25, -0.2) is 0 Å². The van der Waals surface area contributed by atoms with Gasteiger partial charge in [-0.1, -0.05) is 38.1 Å². The molecule has 3 nitrogen and oxygen atoms in total. The van der Waals surface area contributed by atoms with Gasteiger partial charge in [0.1, 0.15) is 11.5 Å². The minimum atomic E-state index is 0.327. The first-order valence-corrected chi connectivity index (χ1v) is 8.25. The second kappa shape index (κ2) is 8.59. The quantitative estimate of drug-likeness (QED) is 0.752. The molecule has 0 bridgehead atoms. The molecule has 0 spiro atoms. The van der Waals surface area contributed by atoms with Crippen LogP contribution in [0.3, 0.4) is 0 Å². The van der Waals surface area contributed by atoms with Gasteiger partial charge in [-0.05, 0) is 48.2 Å². The molecule has 1 N–H and O–H groups in total. The van der Waals surface area contributed by atoms with Crippen LogP contribution in [0.1, 0.15) is 49.9 Å². The van der Waals surface area contributed by atoms with E-state index in [4.69, 9.17) is 9.47 Å². The maximum absolute atomic E-state index is 5.24. The molecule has 0 heterocycles. The second-order valence-corrected chi connectivity index (χ2v) is 5.63. The van der Waals surface area contributed by atoms with Gasteiger partial charge in [0.15, 0.2) is 0 Å². The number of hydrogen-bond donors (Lipinski definition) is 1. The van der Waals surface area contributed by atoms with Crippen molar-refractivity contribution in [1.82, 2.24) is 5.32 Å². The largest absolute Gasteiger partial charge is 0.497 e. The number of rotatable bonds is 8. The van der Waals surface area contributed by atoms with Gasteiger partial charge < -0.3 is 14.8 Å². The molecule has 0 unspecified atom stereocenters. The van der Waals surface area contributed by atoms with Crippen molar-refractivity contribution in [2.24, 2.45) is 0 Å². The molecule has 0 saturated heterocycles. The summed E-state index contributed by atoms with van der Waals surface area (Å²) in [5.74, 6) is 1.79. The van der Waals surface area contributed by atoms with Gasteiger partial charge in [-0.3, -0.25) is 0 Å². The highest BCUT2D eigenvalue weighted by Crippen LogP contribution is 2.26. The monoisotopic (exact) mass is 313 g/mol. The van der Waals surface area contributed by atoms with Crippen molar-refractivity contribution in [3.05, 3.63) is 59.7 Å². The lowest BCUT2D eigenvalue weighted by Gasteiger charge is -2.25. The molecule has 0 aliphatic rings. The van der Waals surface area contributed by atoms with E-state index in [-0.39, 0.29) is 0 Å². The van der Waals surface area contributed by atoms with Gasteiger partial charge in [-0.15, -0.1) is 0 Å². The zero-order valence-electron chi connectivity index (χ0n) is 14.5. The van der Waals surface area contributed by atoms with Gasteiger partial charge in [0.05, 0.1) is 14.2 Å². The van der Waals surface area contributed by atoms with E-state index in [1.54, 1.807) is 14.2 Å². The third-order valence-corrected chi connectivity index (χ3v) is 4.26. The molecule has 2 atom stereocenters. The first-order valence-electron chi connectivity index (χ1n) is 8.25. The molecule has 0 fully saturated rings. The molecule has 0 radical (unpaired) electrons. The number of benzene rings is 2. The average Bonchev–Trinajstić information content (AvgIpc) is 2.63. The maximum Gasteiger partial charge on any atom is 0.118 e. The maximum atomic E-state index is 5.24. The van der Waals surface area contributed by atoms with Gasteiger partial charge >= 0.3 is 0 Å². The van der Waals surface area contributed by atoms with Crippen LogP contribution in [0, 0.1) is 0 Å². The Labute approximate surface area is 139 Å². The van der Waals surface area contributed by atoms with Gasteiger partial charge in [0, 0.05) is 12.1 Å². The molecule has 0 aromatic heterocycles. The molecule has 23 heavy (non-hydrogen) atoms. The summed E-state index contributed by atoms with van der Waals surface area (Å²) in [6, 6.07) is 17.3. The van der Waals surface area contributed by atoms with Crippen molar-refractivity contribution >= 4 is 0 Å². The number of nitrogens with one attached hydrogen (secondary N) is 1. The lowest BCUT2D eigenvalue weighted by molar-refractivity contribution is 0.409. The molecule has 0 amide bonds. The summed E-state index contributed by atoms with van der Waals surface area (Å²) in [6.45, 7) is 4.42. The fourth-order valence-corrected chi connectivity index (χ4v) is 2.81. The Balaban J connectivity index is 2.13. The fourth-order valence-electron chi connectivity index (χ4n) is 2.81. The molecular formula is C20H27NO2. The second-order valence-electron chi connectivity index (χ2n) is 5.63. The van der Waals surface area contributed by atoms with E-state index in [1.165, 1.54) is 11.1 Å². The summed E-state index contributed by atoms with van der Waals surface area (Å²) >= 11 is 0. The number of hydrogen-bond acceptors (Lipinski definition) is 3. The predicted molar refractivity (Wildman–Crippen MR) is 95.2 cm³/mol. The standard InChI is InChI=1S/C20H27NO2/c1-5-19(15-7-11-17(22-3)12-8-15)21-20(6-2)16-9-13-18(23-4)14-10-16/h7-14,19-21H,5-6H2,1-4H3/t19-,20-/m1/s1. The van der Waals surface area contributed by atoms with Gasteiger partial charge in [0.2, 0.25) is 0 Å². The van der Waals surface area contributed by atoms with Crippen molar-refractivity contribution in [2.75, 3.05) is 14.2 Å². The Morgan fingerprint density at radius 3 is 1.30 bits per heavy atom. The molecular weight excluding hydrogens is 286 g/mol. The Morgan fingerprint density at radius 1 is 0.696 bits per heavy atom. The van der Waals surface area contributed by atoms with E-state index in [0.29, 0.717) is 12.1 Å². The first-order chi connectivity index (χ1) is 11.2. The minimum Gasteiger partial charge on any atom is -0.497 e. The van der Waals surface area contributed by atoms with E-state index in [9.17, 15) is 0 Å². The molecule has 2 rings (SSSR count). The molecule has 0 saturated carbocycles. The van der Waals surface area contributed by atoms with Crippen molar-refractivity contribution < 1.29 is 9.47 Å². The molecule has 0 aliphatic heterocycles. The fraction of sp³-hybridized carbons (Fsp3) is 0.400. The third-order valence-electron chi connectivity index (χ3n) is 4.26. The highest BCUT2D eigenvalue weighted by molar-refractivity contribution is 5.31. The van der Waals surface area contributed by atoms with Crippen LogP contribution in [0.2, 0.25) is 0 Å². The lowest BCUT2D eigenvalue weighted by Crippen LogP contribution is -2.25. The summed E-state index contributed by atoms with van der Waals surface area (Å²) < 4.78 is 10.5. The third kappa shape index (κ3) is 4.49. The van der Waals surface area contributed by atoms with E-state index < -0.39 is 0 Å². The highest BCUT2D eigenvalue weighted by Gasteiger charge is 2.16. The van der Waals surface area contributed by atoms with Crippen LogP contribution in [-0.2, 0) is 0 Å². The predicted octanol–water partition coefficient (Wildman–Crippen LogP) is 4.90. The highest BCUT2D eigenvalue weighted by atomic mass is 16.5. The van der Waals surface area contributed by atoms with Gasteiger partial charge in [0.25, 0.3) is 0 Å². The zero-order valence-corrected chi connectivity index (χ0v) is 14.5. The topological polar surface area (TPSA) is 30.5 Å². The summed E-state index contributed by atoms with van der Waals surface area (Å²) in [4.78, 5) is 0. The smallest absolute Gasteiger partial charge is 0.118 e. The zero-order chi connectivity index (χ0) is 16.7. The summed E-state index contributed by atoms with van der Waals surface area (Å²) in [5.41, 5.74) is 2.58. The molecule has 2 aromatic carbocycles. The van der Waals surface area contributed by atoms with Crippen molar-refractivity contribution in [2.45, 2.75) is 38.8 Å². The molecule has 0 aliphatic carbocycles. The minimum absolute atomic E-state index is 0.327. The van der Waals surface area contributed by atoms with Crippen molar-refractivity contribution in [1.29, 1.82) is 0 Å². The van der Waals surface area contributed by atoms with Crippen LogP contribution in [0.25, 0.3) is 0 Å². The van der Waals surface area contributed by atoms with Crippen LogP contribution < -0.4 is 14.8 Å². The van der Waals surface area contributed by atoms with E-state index >= 15 is 0 Å². The summed E-state index contributed by atoms with van der Waals surface area (Å²) in [7, 11) is 3.39. The molecule has 124 valence electrons. The molecule has 2 aromatic rings. The first kappa shape index (κ1) is 17.4. The van der Waals surface area contributed by atoms with E-state index in [0.717, 1.165) is 24.3 Å². The normalized spacial score (nSPS) is 13.4. The lowest BCUT2D eigenvalue weighted by atomic mass is 9.99. The van der Waals surface area contributed by atoms with Crippen LogP contribution in [0.5, 0.6) is 11.5 Å². The molecule has 3 heteroatoms. The van der Waals surface area contributed by atoms with Crippen molar-refractivity contribution in [3.63, 3.8) is 0 Å². The SMILES string of the molecule is CC[C@@H](N[C@H](CC)c1ccc(OC)cc1)c1ccc(OC)cc1. The van der Waals surface area contributed by atoms with E-state index in [2.05, 4.69) is 43.4 Å². The average molecular weight is 313 g/mol. The van der Waals surface area contributed by atoms with Gasteiger partial charge in [-0.2, -0.15) is 0 Å². The van der Waals surface area contributed by atoms with Crippen LogP contribution in [-0.4, -0.2) is 14.2 Å². The number of ether oxygens (including phenoxy) is 2. The van der Waals surface area contributed by atoms with Crippen LogP contribution in [0.4, 0.5) is 0 Å². The van der Waals surface area contributed by atoms with Crippen LogP contribution in [0.15, 0.2) is 48.5 Å². The summed E-state index contributed by atoms with van der Waals surface area (Å²) in [6.07, 6.45) is 2.08. The van der Waals surface area contributed by atoms with E-state index in [1.807, 2.05) is 24.3 Å². The number of methoxy groups -OCH3 is 2.